The first-order chi connectivity index (χ1) is 15.1. The molecule has 31 heavy (non-hydrogen) atoms. The minimum absolute atomic E-state index is 0.0644. The smallest absolute Gasteiger partial charge is 0.305 e. The van der Waals surface area contributed by atoms with Gasteiger partial charge in [-0.2, -0.15) is 0 Å². The summed E-state index contributed by atoms with van der Waals surface area (Å²) >= 11 is 3.28. The molecule has 0 amide bonds. The van der Waals surface area contributed by atoms with Gasteiger partial charge in [0.25, 0.3) is 0 Å². The Bertz CT molecular complexity index is 1050. The van der Waals surface area contributed by atoms with E-state index in [2.05, 4.69) is 35.8 Å². The molecule has 0 spiro atoms. The quantitative estimate of drug-likeness (QED) is 0.255. The summed E-state index contributed by atoms with van der Waals surface area (Å²) < 4.78 is 0. The molecule has 0 saturated carbocycles. The number of hydrogen-bond acceptors (Lipinski definition) is 5. The summed E-state index contributed by atoms with van der Waals surface area (Å²) in [5, 5.41) is 12.1. The summed E-state index contributed by atoms with van der Waals surface area (Å²) in [6, 6.07) is 14.3. The van der Waals surface area contributed by atoms with Gasteiger partial charge in [0.15, 0.2) is 5.13 Å². The van der Waals surface area contributed by atoms with Crippen molar-refractivity contribution in [2.24, 2.45) is 0 Å². The lowest BCUT2D eigenvalue weighted by Crippen LogP contribution is -2.25. The Kier molecular flexibility index (Phi) is 8.38. The van der Waals surface area contributed by atoms with Crippen LogP contribution in [0.2, 0.25) is 0 Å². The number of nitrogens with zero attached hydrogens (tertiary/aromatic N) is 2. The summed E-state index contributed by atoms with van der Waals surface area (Å²) in [6.45, 7) is 6.93. The summed E-state index contributed by atoms with van der Waals surface area (Å²) in [6.07, 6.45) is 8.76. The van der Waals surface area contributed by atoms with Gasteiger partial charge in [-0.15, -0.1) is 11.3 Å². The molecule has 3 rings (SSSR count). The molecule has 0 aliphatic carbocycles. The van der Waals surface area contributed by atoms with E-state index in [1.54, 1.807) is 28.7 Å². The molecule has 0 unspecified atom stereocenters. The predicted octanol–water partition coefficient (Wildman–Crippen LogP) is 6.89. The SMILES string of the molecule is C=C/C=C(\C/C=C\C)c1nc(N(CCC(=O)O)Cc2cccs2)sc1-c1ccccc1. The summed E-state index contributed by atoms with van der Waals surface area (Å²) in [5.74, 6) is -0.809. The summed E-state index contributed by atoms with van der Waals surface area (Å²) in [5.41, 5.74) is 3.12. The van der Waals surface area contributed by atoms with Crippen molar-refractivity contribution in [2.45, 2.75) is 26.3 Å². The number of allylic oxidation sites excluding steroid dienone is 5. The topological polar surface area (TPSA) is 53.4 Å². The number of carboxylic acid groups (broad SMARTS) is 1. The average molecular weight is 451 g/mol. The molecule has 0 aliphatic rings. The molecule has 2 heterocycles. The fourth-order valence-corrected chi connectivity index (χ4v) is 4.99. The van der Waals surface area contributed by atoms with Crippen LogP contribution in [0.1, 0.15) is 30.3 Å². The van der Waals surface area contributed by atoms with Gasteiger partial charge in [-0.3, -0.25) is 4.79 Å². The van der Waals surface area contributed by atoms with Crippen LogP contribution >= 0.6 is 22.7 Å². The van der Waals surface area contributed by atoms with E-state index in [1.807, 2.05) is 48.7 Å². The van der Waals surface area contributed by atoms with Crippen LogP contribution in [0.4, 0.5) is 5.13 Å². The molecular formula is C25H26N2O2S2. The average Bonchev–Trinajstić information content (AvgIpc) is 3.44. The number of thiazole rings is 1. The van der Waals surface area contributed by atoms with Crippen LogP contribution in [0.3, 0.4) is 0 Å². The molecule has 3 aromatic rings. The van der Waals surface area contributed by atoms with Crippen molar-refractivity contribution in [3.05, 3.63) is 89.3 Å². The molecule has 4 nitrogen and oxygen atoms in total. The predicted molar refractivity (Wildman–Crippen MR) is 133 cm³/mol. The number of carbonyl (C=O) groups is 1. The Labute approximate surface area is 191 Å². The van der Waals surface area contributed by atoms with Crippen LogP contribution < -0.4 is 4.90 Å². The molecule has 0 radical (unpaired) electrons. The Morgan fingerprint density at radius 1 is 1.23 bits per heavy atom. The van der Waals surface area contributed by atoms with Crippen molar-refractivity contribution < 1.29 is 9.90 Å². The first-order valence-electron chi connectivity index (χ1n) is 10.1. The van der Waals surface area contributed by atoms with Gasteiger partial charge in [0.2, 0.25) is 0 Å². The third-order valence-electron chi connectivity index (χ3n) is 4.64. The monoisotopic (exact) mass is 450 g/mol. The van der Waals surface area contributed by atoms with Crippen LogP contribution in [0.15, 0.2) is 78.7 Å². The normalized spacial score (nSPS) is 11.7. The zero-order valence-electron chi connectivity index (χ0n) is 17.5. The zero-order valence-corrected chi connectivity index (χ0v) is 19.2. The summed E-state index contributed by atoms with van der Waals surface area (Å²) in [4.78, 5) is 20.6. The Morgan fingerprint density at radius 2 is 2.03 bits per heavy atom. The largest absolute Gasteiger partial charge is 0.481 e. The highest BCUT2D eigenvalue weighted by Crippen LogP contribution is 2.40. The number of carboxylic acids is 1. The van der Waals surface area contributed by atoms with Crippen molar-refractivity contribution in [2.75, 3.05) is 11.4 Å². The maximum absolute atomic E-state index is 11.3. The zero-order chi connectivity index (χ0) is 22.1. The Balaban J connectivity index is 2.07. The summed E-state index contributed by atoms with van der Waals surface area (Å²) in [7, 11) is 0. The van der Waals surface area contributed by atoms with Gasteiger partial charge in [0.1, 0.15) is 0 Å². The van der Waals surface area contributed by atoms with Gasteiger partial charge < -0.3 is 10.0 Å². The standard InChI is InChI=1S/C25H26N2O2S2/c1-3-5-11-19(10-4-2)23-24(20-12-7-6-8-13-20)31-25(26-23)27(16-15-22(28)29)18-21-14-9-17-30-21/h3-10,12-14,17H,2,11,15-16,18H2,1H3,(H,28,29)/b5-3-,19-10+. The highest BCUT2D eigenvalue weighted by Gasteiger charge is 2.20. The molecule has 1 aromatic carbocycles. The van der Waals surface area contributed by atoms with Crippen LogP contribution in [0, 0.1) is 0 Å². The van der Waals surface area contributed by atoms with E-state index in [0.717, 1.165) is 33.3 Å². The lowest BCUT2D eigenvalue weighted by atomic mass is 10.0. The number of hydrogen-bond donors (Lipinski definition) is 1. The van der Waals surface area contributed by atoms with E-state index in [0.29, 0.717) is 13.1 Å². The molecule has 0 saturated heterocycles. The third kappa shape index (κ3) is 6.26. The molecular weight excluding hydrogens is 424 g/mol. The van der Waals surface area contributed by atoms with E-state index in [-0.39, 0.29) is 6.42 Å². The molecule has 2 aromatic heterocycles. The first-order valence-corrected chi connectivity index (χ1v) is 11.8. The van der Waals surface area contributed by atoms with Crippen molar-refractivity contribution in [3.8, 4) is 10.4 Å². The molecule has 6 heteroatoms. The molecule has 0 fully saturated rings. The van der Waals surface area contributed by atoms with Crippen LogP contribution in [-0.4, -0.2) is 22.6 Å². The minimum Gasteiger partial charge on any atom is -0.481 e. The van der Waals surface area contributed by atoms with Gasteiger partial charge in [-0.1, -0.05) is 78.6 Å². The van der Waals surface area contributed by atoms with Crippen LogP contribution in [0.25, 0.3) is 16.0 Å². The lowest BCUT2D eigenvalue weighted by molar-refractivity contribution is -0.136. The molecule has 1 N–H and O–H groups in total. The second-order valence-corrected chi connectivity index (χ2v) is 8.90. The van der Waals surface area contributed by atoms with Crippen molar-refractivity contribution in [1.82, 2.24) is 4.98 Å². The van der Waals surface area contributed by atoms with E-state index in [1.165, 1.54) is 4.88 Å². The number of aliphatic carboxylic acids is 1. The van der Waals surface area contributed by atoms with E-state index in [9.17, 15) is 9.90 Å². The molecule has 160 valence electrons. The van der Waals surface area contributed by atoms with Gasteiger partial charge in [-0.05, 0) is 35.9 Å². The number of aromatic nitrogens is 1. The second-order valence-electron chi connectivity index (χ2n) is 6.89. The Hall–Kier alpha value is -2.96. The van der Waals surface area contributed by atoms with Crippen LogP contribution in [0.5, 0.6) is 0 Å². The second kappa shape index (κ2) is 11.4. The Morgan fingerprint density at radius 3 is 2.68 bits per heavy atom. The van der Waals surface area contributed by atoms with Gasteiger partial charge >= 0.3 is 5.97 Å². The first kappa shape index (κ1) is 22.7. The van der Waals surface area contributed by atoms with Crippen LogP contribution in [-0.2, 0) is 11.3 Å². The highest BCUT2D eigenvalue weighted by molar-refractivity contribution is 7.19. The molecule has 0 atom stereocenters. The number of anilines is 1. The van der Waals surface area contributed by atoms with Crippen molar-refractivity contribution in [1.29, 1.82) is 0 Å². The number of thiophene rings is 1. The number of benzene rings is 1. The van der Waals surface area contributed by atoms with Gasteiger partial charge in [0, 0.05) is 11.4 Å². The molecule has 0 aliphatic heterocycles. The van der Waals surface area contributed by atoms with Crippen molar-refractivity contribution >= 4 is 39.3 Å². The van der Waals surface area contributed by atoms with E-state index >= 15 is 0 Å². The fraction of sp³-hybridized carbons (Fsp3) is 0.200. The highest BCUT2D eigenvalue weighted by atomic mass is 32.1. The third-order valence-corrected chi connectivity index (χ3v) is 6.67. The van der Waals surface area contributed by atoms with Crippen molar-refractivity contribution in [3.63, 3.8) is 0 Å². The maximum Gasteiger partial charge on any atom is 0.305 e. The van der Waals surface area contributed by atoms with E-state index in [4.69, 9.17) is 4.98 Å². The van der Waals surface area contributed by atoms with Gasteiger partial charge in [-0.25, -0.2) is 4.98 Å². The maximum atomic E-state index is 11.3. The fourth-order valence-electron chi connectivity index (χ4n) is 3.14. The molecule has 0 bridgehead atoms. The van der Waals surface area contributed by atoms with E-state index < -0.39 is 5.97 Å². The van der Waals surface area contributed by atoms with Gasteiger partial charge in [0.05, 0.1) is 23.5 Å². The minimum atomic E-state index is -0.809. The lowest BCUT2D eigenvalue weighted by Gasteiger charge is -2.20. The number of rotatable bonds is 11.